The zero-order chi connectivity index (χ0) is 23.3. The summed E-state index contributed by atoms with van der Waals surface area (Å²) in [4.78, 5) is 15.7. The van der Waals surface area contributed by atoms with E-state index in [2.05, 4.69) is 14.9 Å². The zero-order valence-corrected chi connectivity index (χ0v) is 20.0. The average molecular weight is 486 g/mol. The second-order valence-electron chi connectivity index (χ2n) is 7.87. The second kappa shape index (κ2) is 10.3. The minimum Gasteiger partial charge on any atom is -0.497 e. The Hall–Kier alpha value is -3.04. The Kier molecular flexibility index (Phi) is 7.20. The van der Waals surface area contributed by atoms with Crippen molar-refractivity contribution < 1.29 is 17.9 Å². The van der Waals surface area contributed by atoms with Crippen molar-refractivity contribution in [1.82, 2.24) is 0 Å². The van der Waals surface area contributed by atoms with Crippen LogP contribution in [0.15, 0.2) is 64.9 Å². The van der Waals surface area contributed by atoms with Crippen LogP contribution in [0.1, 0.15) is 24.1 Å². The highest BCUT2D eigenvalue weighted by molar-refractivity contribution is 7.92. The van der Waals surface area contributed by atoms with Crippen molar-refractivity contribution in [2.45, 2.75) is 30.6 Å². The van der Waals surface area contributed by atoms with Crippen LogP contribution in [0.25, 0.3) is 0 Å². The molecule has 4 rings (SSSR count). The van der Waals surface area contributed by atoms with E-state index in [1.807, 2.05) is 17.5 Å². The number of benzene rings is 2. The van der Waals surface area contributed by atoms with Gasteiger partial charge in [-0.1, -0.05) is 6.07 Å². The van der Waals surface area contributed by atoms with E-state index in [9.17, 15) is 13.2 Å². The molecule has 0 unspecified atom stereocenters. The number of sulfonamides is 1. The number of rotatable bonds is 8. The number of amides is 1. The number of piperidine rings is 1. The molecule has 0 aliphatic carbocycles. The molecular formula is C24H27N3O4S2. The summed E-state index contributed by atoms with van der Waals surface area (Å²) in [7, 11) is -2.34. The number of hydrogen-bond acceptors (Lipinski definition) is 6. The minimum atomic E-state index is -3.90. The standard InChI is InChI=1S/C24H27N3O4S2/c1-31-20-10-7-18(8-11-20)26-33(29,30)23-16-19(25-24(28)17-21-6-5-15-32-21)9-12-22(23)27-13-3-2-4-14-27/h5-12,15-16,26H,2-4,13-14,17H2,1H3,(H,25,28). The van der Waals surface area contributed by atoms with E-state index >= 15 is 0 Å². The van der Waals surface area contributed by atoms with Crippen LogP contribution in [0, 0.1) is 0 Å². The molecule has 9 heteroatoms. The van der Waals surface area contributed by atoms with Crippen molar-refractivity contribution in [3.8, 4) is 5.75 Å². The Morgan fingerprint density at radius 2 is 1.76 bits per heavy atom. The molecule has 0 atom stereocenters. The van der Waals surface area contributed by atoms with E-state index in [1.165, 1.54) is 11.3 Å². The molecule has 1 aliphatic heterocycles. The molecule has 1 aromatic heterocycles. The first-order valence-electron chi connectivity index (χ1n) is 10.8. The van der Waals surface area contributed by atoms with Crippen LogP contribution in [0.3, 0.4) is 0 Å². The molecule has 7 nitrogen and oxygen atoms in total. The van der Waals surface area contributed by atoms with Gasteiger partial charge in [-0.3, -0.25) is 9.52 Å². The van der Waals surface area contributed by atoms with E-state index in [-0.39, 0.29) is 17.2 Å². The third-order valence-electron chi connectivity index (χ3n) is 5.49. The minimum absolute atomic E-state index is 0.147. The van der Waals surface area contributed by atoms with Gasteiger partial charge in [0.25, 0.3) is 10.0 Å². The zero-order valence-electron chi connectivity index (χ0n) is 18.4. The number of carbonyl (C=O) groups excluding carboxylic acids is 1. The Morgan fingerprint density at radius 1 is 1.03 bits per heavy atom. The summed E-state index contributed by atoms with van der Waals surface area (Å²) in [6.07, 6.45) is 3.42. The van der Waals surface area contributed by atoms with Gasteiger partial charge in [0.15, 0.2) is 0 Å². The molecule has 0 radical (unpaired) electrons. The number of ether oxygens (including phenoxy) is 1. The molecule has 3 aromatic rings. The Balaban J connectivity index is 1.62. The van der Waals surface area contributed by atoms with Crippen molar-refractivity contribution in [3.63, 3.8) is 0 Å². The molecule has 1 amide bonds. The van der Waals surface area contributed by atoms with Crippen LogP contribution >= 0.6 is 11.3 Å². The number of nitrogens with one attached hydrogen (secondary N) is 2. The molecule has 0 bridgehead atoms. The third-order valence-corrected chi connectivity index (χ3v) is 7.77. The fourth-order valence-corrected chi connectivity index (χ4v) is 5.86. The summed E-state index contributed by atoms with van der Waals surface area (Å²) < 4.78 is 34.7. The number of anilines is 3. The molecule has 33 heavy (non-hydrogen) atoms. The number of methoxy groups -OCH3 is 1. The molecule has 1 aliphatic rings. The molecule has 1 saturated heterocycles. The normalized spacial score (nSPS) is 14.0. The van der Waals surface area contributed by atoms with Gasteiger partial charge >= 0.3 is 0 Å². The largest absolute Gasteiger partial charge is 0.497 e. The molecule has 2 aromatic carbocycles. The first kappa shape index (κ1) is 23.1. The van der Waals surface area contributed by atoms with Crippen molar-refractivity contribution in [2.75, 3.05) is 35.1 Å². The van der Waals surface area contributed by atoms with Crippen LogP contribution in [-0.4, -0.2) is 34.5 Å². The summed E-state index contributed by atoms with van der Waals surface area (Å²) >= 11 is 1.51. The molecule has 0 spiro atoms. The lowest BCUT2D eigenvalue weighted by molar-refractivity contribution is -0.115. The lowest BCUT2D eigenvalue weighted by Crippen LogP contribution is -2.31. The predicted octanol–water partition coefficient (Wildman–Crippen LogP) is 4.73. The number of carbonyl (C=O) groups is 1. The van der Waals surface area contributed by atoms with Crippen LogP contribution in [0.5, 0.6) is 5.75 Å². The fourth-order valence-electron chi connectivity index (χ4n) is 3.85. The van der Waals surface area contributed by atoms with Gasteiger partial charge in [-0.25, -0.2) is 8.42 Å². The van der Waals surface area contributed by atoms with Gasteiger partial charge in [-0.2, -0.15) is 0 Å². The summed E-state index contributed by atoms with van der Waals surface area (Å²) in [6.45, 7) is 1.60. The van der Waals surface area contributed by atoms with Crippen LogP contribution in [-0.2, 0) is 21.2 Å². The SMILES string of the molecule is COc1ccc(NS(=O)(=O)c2cc(NC(=O)Cc3cccs3)ccc2N2CCCCC2)cc1. The van der Waals surface area contributed by atoms with E-state index in [1.54, 1.807) is 49.6 Å². The summed E-state index contributed by atoms with van der Waals surface area (Å²) in [5.41, 5.74) is 1.53. The monoisotopic (exact) mass is 485 g/mol. The first-order chi connectivity index (χ1) is 15.9. The topological polar surface area (TPSA) is 87.7 Å². The lowest BCUT2D eigenvalue weighted by Gasteiger charge is -2.30. The van der Waals surface area contributed by atoms with Crippen molar-refractivity contribution in [1.29, 1.82) is 0 Å². The second-order valence-corrected chi connectivity index (χ2v) is 10.6. The van der Waals surface area contributed by atoms with Crippen molar-refractivity contribution >= 4 is 44.3 Å². The quantitative estimate of drug-likeness (QED) is 0.482. The van der Waals surface area contributed by atoms with Gasteiger partial charge in [0.2, 0.25) is 5.91 Å². The van der Waals surface area contributed by atoms with Gasteiger partial charge in [0, 0.05) is 29.3 Å². The predicted molar refractivity (Wildman–Crippen MR) is 133 cm³/mol. The first-order valence-corrected chi connectivity index (χ1v) is 13.2. The van der Waals surface area contributed by atoms with Crippen LogP contribution in [0.2, 0.25) is 0 Å². The lowest BCUT2D eigenvalue weighted by atomic mass is 10.1. The average Bonchev–Trinajstić information content (AvgIpc) is 3.33. The smallest absolute Gasteiger partial charge is 0.264 e. The van der Waals surface area contributed by atoms with Gasteiger partial charge in [-0.15, -0.1) is 11.3 Å². The molecule has 2 heterocycles. The molecule has 1 fully saturated rings. The van der Waals surface area contributed by atoms with E-state index in [4.69, 9.17) is 4.74 Å². The maximum absolute atomic E-state index is 13.4. The Morgan fingerprint density at radius 3 is 2.42 bits per heavy atom. The number of nitrogens with zero attached hydrogens (tertiary/aromatic N) is 1. The van der Waals surface area contributed by atoms with Crippen molar-refractivity contribution in [3.05, 3.63) is 64.9 Å². The maximum Gasteiger partial charge on any atom is 0.264 e. The van der Waals surface area contributed by atoms with Crippen LogP contribution < -0.4 is 19.7 Å². The van der Waals surface area contributed by atoms with Gasteiger partial charge in [0.05, 0.1) is 19.2 Å². The van der Waals surface area contributed by atoms with Crippen molar-refractivity contribution in [2.24, 2.45) is 0 Å². The molecule has 2 N–H and O–H groups in total. The van der Waals surface area contributed by atoms with E-state index in [0.717, 1.165) is 37.2 Å². The molecule has 174 valence electrons. The maximum atomic E-state index is 13.4. The molecule has 0 saturated carbocycles. The summed E-state index contributed by atoms with van der Waals surface area (Å²) in [6, 6.07) is 15.6. The number of thiophene rings is 1. The van der Waals surface area contributed by atoms with Gasteiger partial charge < -0.3 is 15.0 Å². The third kappa shape index (κ3) is 5.85. The Bertz CT molecular complexity index is 1190. The van der Waals surface area contributed by atoms with E-state index < -0.39 is 10.0 Å². The highest BCUT2D eigenvalue weighted by Crippen LogP contribution is 2.32. The fraction of sp³-hybridized carbons (Fsp3) is 0.292. The highest BCUT2D eigenvalue weighted by atomic mass is 32.2. The van der Waals surface area contributed by atoms with Gasteiger partial charge in [-0.05, 0) is 73.2 Å². The summed E-state index contributed by atoms with van der Waals surface area (Å²) in [5.74, 6) is 0.456. The number of hydrogen-bond donors (Lipinski definition) is 2. The highest BCUT2D eigenvalue weighted by Gasteiger charge is 2.24. The summed E-state index contributed by atoms with van der Waals surface area (Å²) in [5, 5.41) is 4.76. The van der Waals surface area contributed by atoms with Gasteiger partial charge in [0.1, 0.15) is 10.6 Å². The Labute approximate surface area is 198 Å². The van der Waals surface area contributed by atoms with Crippen LogP contribution in [0.4, 0.5) is 17.1 Å². The molecular weight excluding hydrogens is 458 g/mol. The van der Waals surface area contributed by atoms with E-state index in [0.29, 0.717) is 22.8 Å².